The van der Waals surface area contributed by atoms with E-state index in [-0.39, 0.29) is 35.8 Å². The highest BCUT2D eigenvalue weighted by molar-refractivity contribution is 5.94. The van der Waals surface area contributed by atoms with Crippen molar-refractivity contribution in [2.45, 2.75) is 51.9 Å². The van der Waals surface area contributed by atoms with Crippen LogP contribution < -0.4 is 10.6 Å². The van der Waals surface area contributed by atoms with E-state index in [1.165, 1.54) is 6.20 Å². The van der Waals surface area contributed by atoms with E-state index in [0.29, 0.717) is 24.0 Å². The molecule has 2 heterocycles. The number of ether oxygens (including phenoxy) is 1. The van der Waals surface area contributed by atoms with Crippen molar-refractivity contribution in [3.63, 3.8) is 0 Å². The van der Waals surface area contributed by atoms with Crippen molar-refractivity contribution in [3.8, 4) is 22.8 Å². The van der Waals surface area contributed by atoms with Crippen molar-refractivity contribution >= 4 is 17.8 Å². The molecule has 4 rings (SSSR count). The van der Waals surface area contributed by atoms with Crippen LogP contribution in [0.5, 0.6) is 0 Å². The second-order valence-corrected chi connectivity index (χ2v) is 9.40. The lowest BCUT2D eigenvalue weighted by Gasteiger charge is -2.20. The van der Waals surface area contributed by atoms with Crippen molar-refractivity contribution in [2.75, 3.05) is 6.61 Å². The number of carbonyl (C=O) groups is 3. The summed E-state index contributed by atoms with van der Waals surface area (Å²) in [6.07, 6.45) is -2.56. The Labute approximate surface area is 220 Å². The van der Waals surface area contributed by atoms with E-state index in [0.717, 1.165) is 0 Å². The zero-order chi connectivity index (χ0) is 28.3. The van der Waals surface area contributed by atoms with Crippen LogP contribution in [0.3, 0.4) is 0 Å². The SMILES string of the molecule is CCOC(=O)[C@@H](NC(=O)c1cnc(-c2cccc(-c3n[nH]c(C(=O)NC(C4CC4)C(F)(F)F)n3)c2)o1)C(C)C. The van der Waals surface area contributed by atoms with E-state index in [2.05, 4.69) is 25.5 Å². The fraction of sp³-hybridized carbons (Fsp3) is 0.440. The third-order valence-electron chi connectivity index (χ3n) is 6.02. The van der Waals surface area contributed by atoms with Gasteiger partial charge in [-0.15, -0.1) is 0 Å². The molecule has 0 radical (unpaired) electrons. The maximum Gasteiger partial charge on any atom is 0.408 e. The maximum absolute atomic E-state index is 13.3. The van der Waals surface area contributed by atoms with Gasteiger partial charge in [-0.2, -0.15) is 18.3 Å². The highest BCUT2D eigenvalue weighted by atomic mass is 19.4. The quantitative estimate of drug-likeness (QED) is 0.326. The molecule has 1 saturated carbocycles. The third-order valence-corrected chi connectivity index (χ3v) is 6.02. The lowest BCUT2D eigenvalue weighted by molar-refractivity contribution is -0.158. The van der Waals surface area contributed by atoms with Crippen LogP contribution in [-0.2, 0) is 9.53 Å². The summed E-state index contributed by atoms with van der Waals surface area (Å²) in [6.45, 7) is 5.37. The first-order chi connectivity index (χ1) is 18.5. The lowest BCUT2D eigenvalue weighted by atomic mass is 10.0. The van der Waals surface area contributed by atoms with Gasteiger partial charge in [-0.05, 0) is 43.7 Å². The molecule has 1 fully saturated rings. The Morgan fingerprint density at radius 3 is 2.51 bits per heavy atom. The Morgan fingerprint density at radius 2 is 1.87 bits per heavy atom. The number of aromatic nitrogens is 4. The molecule has 3 N–H and O–H groups in total. The average molecular weight is 549 g/mol. The largest absolute Gasteiger partial charge is 0.464 e. The summed E-state index contributed by atoms with van der Waals surface area (Å²) in [7, 11) is 0. The number of benzene rings is 1. The van der Waals surface area contributed by atoms with Gasteiger partial charge in [-0.3, -0.25) is 14.7 Å². The molecule has 2 atom stereocenters. The van der Waals surface area contributed by atoms with E-state index in [1.54, 1.807) is 45.0 Å². The number of hydrogen-bond donors (Lipinski definition) is 3. The molecule has 14 heteroatoms. The molecule has 11 nitrogen and oxygen atoms in total. The van der Waals surface area contributed by atoms with Gasteiger partial charge < -0.3 is 19.8 Å². The Morgan fingerprint density at radius 1 is 1.15 bits per heavy atom. The highest BCUT2D eigenvalue weighted by Gasteiger charge is 2.50. The van der Waals surface area contributed by atoms with E-state index in [1.807, 2.05) is 5.32 Å². The van der Waals surface area contributed by atoms with Gasteiger partial charge in [0.05, 0.1) is 12.8 Å². The van der Waals surface area contributed by atoms with Crippen molar-refractivity contribution in [3.05, 3.63) is 42.0 Å². The molecule has 39 heavy (non-hydrogen) atoms. The fourth-order valence-electron chi connectivity index (χ4n) is 3.84. The van der Waals surface area contributed by atoms with Crippen molar-refractivity contribution in [1.82, 2.24) is 30.8 Å². The predicted octanol–water partition coefficient (Wildman–Crippen LogP) is 3.51. The molecule has 1 aliphatic rings. The molecular formula is C25H27F3N6O5. The van der Waals surface area contributed by atoms with Gasteiger partial charge in [-0.25, -0.2) is 14.8 Å². The molecule has 2 amide bonds. The molecule has 208 valence electrons. The highest BCUT2D eigenvalue weighted by Crippen LogP contribution is 2.40. The number of rotatable bonds is 10. The zero-order valence-corrected chi connectivity index (χ0v) is 21.3. The predicted molar refractivity (Wildman–Crippen MR) is 130 cm³/mol. The summed E-state index contributed by atoms with van der Waals surface area (Å²) in [6, 6.07) is 3.67. The minimum atomic E-state index is -4.56. The molecule has 3 aromatic rings. The van der Waals surface area contributed by atoms with Gasteiger partial charge in [-0.1, -0.05) is 26.0 Å². The number of hydrogen-bond acceptors (Lipinski definition) is 8. The minimum absolute atomic E-state index is 0.0655. The lowest BCUT2D eigenvalue weighted by Crippen LogP contribution is -2.47. The summed E-state index contributed by atoms with van der Waals surface area (Å²) in [5, 5.41) is 10.9. The van der Waals surface area contributed by atoms with Gasteiger partial charge in [0.2, 0.25) is 17.5 Å². The number of halogens is 3. The van der Waals surface area contributed by atoms with E-state index < -0.39 is 42.0 Å². The van der Waals surface area contributed by atoms with Crippen molar-refractivity contribution < 1.29 is 36.7 Å². The van der Waals surface area contributed by atoms with Crippen molar-refractivity contribution in [2.24, 2.45) is 11.8 Å². The monoisotopic (exact) mass is 548 g/mol. The average Bonchev–Trinajstić information content (AvgIpc) is 3.37. The summed E-state index contributed by atoms with van der Waals surface area (Å²) in [4.78, 5) is 45.4. The van der Waals surface area contributed by atoms with Gasteiger partial charge in [0.15, 0.2) is 5.82 Å². The summed E-state index contributed by atoms with van der Waals surface area (Å²) in [5.41, 5.74) is 0.864. The normalized spacial score (nSPS) is 15.1. The fourth-order valence-corrected chi connectivity index (χ4v) is 3.84. The number of alkyl halides is 3. The number of nitrogens with one attached hydrogen (secondary N) is 3. The van der Waals surface area contributed by atoms with E-state index in [9.17, 15) is 27.6 Å². The second kappa shape index (κ2) is 11.3. The topological polar surface area (TPSA) is 152 Å². The molecule has 2 aromatic heterocycles. The van der Waals surface area contributed by atoms with Gasteiger partial charge in [0.25, 0.3) is 11.8 Å². The van der Waals surface area contributed by atoms with E-state index >= 15 is 0 Å². The first kappa shape index (κ1) is 27.8. The van der Waals surface area contributed by atoms with Crippen molar-refractivity contribution in [1.29, 1.82) is 0 Å². The number of aromatic amines is 1. The van der Waals surface area contributed by atoms with Crippen LogP contribution in [0.4, 0.5) is 13.2 Å². The molecule has 1 aliphatic carbocycles. The molecule has 0 spiro atoms. The molecule has 0 bridgehead atoms. The number of nitrogens with zero attached hydrogens (tertiary/aromatic N) is 3. The Hall–Kier alpha value is -4.23. The Bertz CT molecular complexity index is 1350. The Kier molecular flexibility index (Phi) is 8.02. The number of amides is 2. The smallest absolute Gasteiger partial charge is 0.408 e. The molecule has 0 aliphatic heterocycles. The zero-order valence-electron chi connectivity index (χ0n) is 21.3. The number of carbonyl (C=O) groups excluding carboxylic acids is 3. The molecule has 1 unspecified atom stereocenters. The van der Waals surface area contributed by atoms with Crippen LogP contribution in [0.2, 0.25) is 0 Å². The Balaban J connectivity index is 1.47. The van der Waals surface area contributed by atoms with Crippen LogP contribution in [-0.4, -0.2) is 62.8 Å². The summed E-state index contributed by atoms with van der Waals surface area (Å²) < 4.78 is 50.4. The summed E-state index contributed by atoms with van der Waals surface area (Å²) >= 11 is 0. The van der Waals surface area contributed by atoms with E-state index in [4.69, 9.17) is 9.15 Å². The summed E-state index contributed by atoms with van der Waals surface area (Å²) in [5.74, 6) is -3.42. The third kappa shape index (κ3) is 6.62. The first-order valence-electron chi connectivity index (χ1n) is 12.3. The molecule has 0 saturated heterocycles. The first-order valence-corrected chi connectivity index (χ1v) is 12.3. The minimum Gasteiger partial charge on any atom is -0.464 e. The maximum atomic E-state index is 13.3. The standard InChI is InChI=1S/C25H27F3N6O5/c1-4-38-24(37)17(12(2)3)30-21(35)16-11-29-23(39-16)15-7-5-6-14(10-15)19-32-20(34-33-19)22(36)31-18(13-8-9-13)25(26,27)28/h5-7,10-13,17-18H,4,8-9H2,1-3H3,(H,30,35)(H,31,36)(H,32,33,34)/t17-,18?/m0/s1. The van der Waals surface area contributed by atoms with Gasteiger partial charge in [0, 0.05) is 11.1 Å². The second-order valence-electron chi connectivity index (χ2n) is 9.40. The number of oxazole rings is 1. The number of H-pyrrole nitrogens is 1. The van der Waals surface area contributed by atoms with Crippen LogP contribution in [0.25, 0.3) is 22.8 Å². The van der Waals surface area contributed by atoms with Crippen LogP contribution in [0.15, 0.2) is 34.9 Å². The molecular weight excluding hydrogens is 521 g/mol. The van der Waals surface area contributed by atoms with Crippen LogP contribution >= 0.6 is 0 Å². The number of esters is 1. The van der Waals surface area contributed by atoms with Gasteiger partial charge in [0.1, 0.15) is 12.1 Å². The van der Waals surface area contributed by atoms with Crippen LogP contribution in [0, 0.1) is 11.8 Å². The van der Waals surface area contributed by atoms with Gasteiger partial charge >= 0.3 is 12.1 Å². The molecule has 1 aromatic carbocycles. The van der Waals surface area contributed by atoms with Crippen LogP contribution in [0.1, 0.15) is 54.8 Å².